The summed E-state index contributed by atoms with van der Waals surface area (Å²) >= 11 is 0. The molecule has 0 bridgehead atoms. The van der Waals surface area contributed by atoms with Crippen molar-refractivity contribution >= 4 is 16.9 Å². The van der Waals surface area contributed by atoms with Crippen LogP contribution in [0.4, 0.5) is 0 Å². The summed E-state index contributed by atoms with van der Waals surface area (Å²) in [7, 11) is 1.75. The van der Waals surface area contributed by atoms with Crippen LogP contribution in [-0.4, -0.2) is 52.1 Å². The van der Waals surface area contributed by atoms with Crippen molar-refractivity contribution in [2.24, 2.45) is 0 Å². The van der Waals surface area contributed by atoms with E-state index in [1.807, 2.05) is 24.3 Å². The Balaban J connectivity index is 1.39. The highest BCUT2D eigenvalue weighted by molar-refractivity contribution is 5.93. The van der Waals surface area contributed by atoms with Crippen LogP contribution in [0.25, 0.3) is 11.0 Å². The Hall–Kier alpha value is -2.93. The lowest BCUT2D eigenvalue weighted by Gasteiger charge is -2.22. The van der Waals surface area contributed by atoms with E-state index >= 15 is 0 Å². The molecular formula is C20H22N4O3. The minimum atomic E-state index is -0.111. The van der Waals surface area contributed by atoms with E-state index in [1.165, 1.54) is 0 Å². The van der Waals surface area contributed by atoms with Gasteiger partial charge in [0, 0.05) is 32.2 Å². The smallest absolute Gasteiger partial charge is 0.255 e. The zero-order valence-corrected chi connectivity index (χ0v) is 15.2. The summed E-state index contributed by atoms with van der Waals surface area (Å²) in [5.74, 6) is 1.18. The van der Waals surface area contributed by atoms with Gasteiger partial charge in [-0.3, -0.25) is 4.79 Å². The normalized spacial score (nSPS) is 15.0. The number of benzene rings is 1. The van der Waals surface area contributed by atoms with Gasteiger partial charge in [-0.25, -0.2) is 9.97 Å². The minimum Gasteiger partial charge on any atom is -0.474 e. The number of aromatic nitrogens is 3. The van der Waals surface area contributed by atoms with E-state index in [1.54, 1.807) is 30.3 Å². The highest BCUT2D eigenvalue weighted by atomic mass is 16.5. The fourth-order valence-corrected chi connectivity index (χ4v) is 3.14. The van der Waals surface area contributed by atoms with Gasteiger partial charge < -0.3 is 19.4 Å². The lowest BCUT2D eigenvalue weighted by atomic mass is 10.1. The zero-order chi connectivity index (χ0) is 18.6. The van der Waals surface area contributed by atoms with Gasteiger partial charge in [0.05, 0.1) is 36.4 Å². The SMILES string of the molecule is CN(Cc1nc2ccccc2[nH]1)C(=O)c1ccc(OC2CCOCC2)nc1. The van der Waals surface area contributed by atoms with Gasteiger partial charge >= 0.3 is 0 Å². The second kappa shape index (κ2) is 7.75. The van der Waals surface area contributed by atoms with Crippen LogP contribution in [0.5, 0.6) is 5.88 Å². The van der Waals surface area contributed by atoms with Crippen LogP contribution in [-0.2, 0) is 11.3 Å². The fourth-order valence-electron chi connectivity index (χ4n) is 3.14. The van der Waals surface area contributed by atoms with Gasteiger partial charge in [0.15, 0.2) is 0 Å². The van der Waals surface area contributed by atoms with Gasteiger partial charge in [-0.15, -0.1) is 0 Å². The molecule has 0 atom stereocenters. The molecule has 1 saturated heterocycles. The van der Waals surface area contributed by atoms with Gasteiger partial charge in [-0.2, -0.15) is 0 Å². The van der Waals surface area contributed by atoms with E-state index < -0.39 is 0 Å². The Morgan fingerprint density at radius 3 is 2.81 bits per heavy atom. The van der Waals surface area contributed by atoms with Crippen LogP contribution in [0.15, 0.2) is 42.6 Å². The van der Waals surface area contributed by atoms with Crippen LogP contribution < -0.4 is 4.74 Å². The monoisotopic (exact) mass is 366 g/mol. The molecule has 2 aromatic heterocycles. The molecule has 0 saturated carbocycles. The molecule has 27 heavy (non-hydrogen) atoms. The molecule has 1 N–H and O–H groups in total. The van der Waals surface area contributed by atoms with E-state index in [0.717, 1.165) is 29.7 Å². The number of nitrogens with one attached hydrogen (secondary N) is 1. The third kappa shape index (κ3) is 4.09. The van der Waals surface area contributed by atoms with Crippen molar-refractivity contribution in [1.82, 2.24) is 19.9 Å². The number of pyridine rings is 1. The number of amides is 1. The Bertz CT molecular complexity index is 883. The molecule has 4 rings (SSSR count). The van der Waals surface area contributed by atoms with Crippen LogP contribution >= 0.6 is 0 Å². The molecule has 140 valence electrons. The topological polar surface area (TPSA) is 80.3 Å². The van der Waals surface area contributed by atoms with Crippen LogP contribution in [0, 0.1) is 0 Å². The predicted octanol–water partition coefficient (Wildman–Crippen LogP) is 2.79. The Kier molecular flexibility index (Phi) is 5.02. The largest absolute Gasteiger partial charge is 0.474 e. The number of hydrogen-bond donors (Lipinski definition) is 1. The number of para-hydroxylation sites is 2. The van der Waals surface area contributed by atoms with Crippen molar-refractivity contribution in [2.75, 3.05) is 20.3 Å². The maximum absolute atomic E-state index is 12.7. The van der Waals surface area contributed by atoms with Crippen molar-refractivity contribution in [2.45, 2.75) is 25.5 Å². The van der Waals surface area contributed by atoms with Crippen molar-refractivity contribution < 1.29 is 14.3 Å². The molecule has 0 radical (unpaired) electrons. The fraction of sp³-hybridized carbons (Fsp3) is 0.350. The third-order valence-electron chi connectivity index (χ3n) is 4.61. The first-order valence-electron chi connectivity index (χ1n) is 9.08. The van der Waals surface area contributed by atoms with Crippen molar-refractivity contribution in [3.05, 3.63) is 54.0 Å². The molecule has 3 aromatic rings. The zero-order valence-electron chi connectivity index (χ0n) is 15.2. The molecule has 7 heteroatoms. The number of imidazole rings is 1. The van der Waals surface area contributed by atoms with Gasteiger partial charge in [0.2, 0.25) is 5.88 Å². The summed E-state index contributed by atoms with van der Waals surface area (Å²) in [6, 6.07) is 11.3. The quantitative estimate of drug-likeness (QED) is 0.751. The van der Waals surface area contributed by atoms with Gasteiger partial charge in [0.25, 0.3) is 5.91 Å². The van der Waals surface area contributed by atoms with Crippen molar-refractivity contribution in [1.29, 1.82) is 0 Å². The maximum Gasteiger partial charge on any atom is 0.255 e. The lowest BCUT2D eigenvalue weighted by molar-refractivity contribution is 0.0237. The van der Waals surface area contributed by atoms with Crippen LogP contribution in [0.1, 0.15) is 29.0 Å². The van der Waals surface area contributed by atoms with E-state index in [-0.39, 0.29) is 12.0 Å². The van der Waals surface area contributed by atoms with E-state index in [9.17, 15) is 4.79 Å². The molecule has 1 amide bonds. The molecule has 1 aliphatic rings. The Labute approximate surface area is 157 Å². The predicted molar refractivity (Wildman–Crippen MR) is 101 cm³/mol. The second-order valence-corrected chi connectivity index (χ2v) is 6.68. The summed E-state index contributed by atoms with van der Waals surface area (Å²) in [4.78, 5) is 26.3. The number of nitrogens with zero attached hydrogens (tertiary/aromatic N) is 3. The average molecular weight is 366 g/mol. The average Bonchev–Trinajstić information content (AvgIpc) is 3.11. The highest BCUT2D eigenvalue weighted by Gasteiger charge is 2.17. The van der Waals surface area contributed by atoms with Gasteiger partial charge in [0.1, 0.15) is 11.9 Å². The van der Waals surface area contributed by atoms with E-state index in [2.05, 4.69) is 15.0 Å². The summed E-state index contributed by atoms with van der Waals surface area (Å²) < 4.78 is 11.2. The highest BCUT2D eigenvalue weighted by Crippen LogP contribution is 2.17. The summed E-state index contributed by atoms with van der Waals surface area (Å²) in [6.07, 6.45) is 3.42. The van der Waals surface area contributed by atoms with Crippen LogP contribution in [0.3, 0.4) is 0 Å². The van der Waals surface area contributed by atoms with E-state index in [4.69, 9.17) is 9.47 Å². The van der Waals surface area contributed by atoms with Crippen LogP contribution in [0.2, 0.25) is 0 Å². The summed E-state index contributed by atoms with van der Waals surface area (Å²) in [5.41, 5.74) is 2.38. The molecule has 7 nitrogen and oxygen atoms in total. The van der Waals surface area contributed by atoms with E-state index in [0.29, 0.717) is 31.2 Å². The first kappa shape index (κ1) is 17.5. The van der Waals surface area contributed by atoms with Gasteiger partial charge in [-0.1, -0.05) is 12.1 Å². The number of H-pyrrole nitrogens is 1. The molecule has 1 aromatic carbocycles. The molecule has 0 spiro atoms. The molecule has 0 unspecified atom stereocenters. The Morgan fingerprint density at radius 2 is 2.07 bits per heavy atom. The van der Waals surface area contributed by atoms with Crippen molar-refractivity contribution in [3.63, 3.8) is 0 Å². The number of rotatable bonds is 5. The molecule has 3 heterocycles. The van der Waals surface area contributed by atoms with Crippen molar-refractivity contribution in [3.8, 4) is 5.88 Å². The third-order valence-corrected chi connectivity index (χ3v) is 4.61. The first-order valence-corrected chi connectivity index (χ1v) is 9.08. The number of fused-ring (bicyclic) bond motifs is 1. The molecule has 1 fully saturated rings. The number of ether oxygens (including phenoxy) is 2. The minimum absolute atomic E-state index is 0.111. The first-order chi connectivity index (χ1) is 13.2. The lowest BCUT2D eigenvalue weighted by Crippen LogP contribution is -2.27. The standard InChI is InChI=1S/C20H22N4O3/c1-24(13-18-22-16-4-2-3-5-17(16)23-18)20(25)14-6-7-19(21-12-14)27-15-8-10-26-11-9-15/h2-7,12,15H,8-11,13H2,1H3,(H,22,23). The summed E-state index contributed by atoms with van der Waals surface area (Å²) in [5, 5.41) is 0. The number of aromatic amines is 1. The number of carbonyl (C=O) groups excluding carboxylic acids is 1. The van der Waals surface area contributed by atoms with Gasteiger partial charge in [-0.05, 0) is 18.2 Å². The number of hydrogen-bond acceptors (Lipinski definition) is 5. The molecular weight excluding hydrogens is 344 g/mol. The number of carbonyl (C=O) groups is 1. The summed E-state index contributed by atoms with van der Waals surface area (Å²) in [6.45, 7) is 1.83. The Morgan fingerprint density at radius 1 is 1.26 bits per heavy atom. The maximum atomic E-state index is 12.7. The molecule has 1 aliphatic heterocycles. The second-order valence-electron chi connectivity index (χ2n) is 6.68. The molecule has 0 aliphatic carbocycles.